The molecule has 1 amide bonds. The number of carbonyl (C=O) groups excluding carboxylic acids is 2. The summed E-state index contributed by atoms with van der Waals surface area (Å²) < 4.78 is 31.6. The van der Waals surface area contributed by atoms with E-state index in [1.807, 2.05) is 0 Å². The molecule has 0 aliphatic carbocycles. The van der Waals surface area contributed by atoms with Crippen LogP contribution in [0.5, 0.6) is 5.75 Å². The molecule has 0 radical (unpaired) electrons. The number of sulfonamides is 1. The van der Waals surface area contributed by atoms with Crippen LogP contribution < -0.4 is 9.64 Å². The van der Waals surface area contributed by atoms with Gasteiger partial charge in [0.1, 0.15) is 5.75 Å². The molecule has 0 bridgehead atoms. The molecule has 1 aliphatic heterocycles. The standard InChI is InChI=1S/C21H23ClN2O5S/c1-14(25)18-12-16(22)6-9-20(18)29-13-21(26)24-10-4-5-15-11-17(7-8-19(15)24)30(27,28)23(2)3/h6-9,11-12H,4-5,10,13H2,1-3H3. The predicted molar refractivity (Wildman–Crippen MR) is 115 cm³/mol. The van der Waals surface area contributed by atoms with Crippen LogP contribution >= 0.6 is 11.6 Å². The van der Waals surface area contributed by atoms with E-state index >= 15 is 0 Å². The van der Waals surface area contributed by atoms with Crippen LogP contribution in [-0.4, -0.2) is 51.7 Å². The Labute approximate surface area is 181 Å². The van der Waals surface area contributed by atoms with Gasteiger partial charge in [-0.15, -0.1) is 0 Å². The van der Waals surface area contributed by atoms with Gasteiger partial charge in [0.25, 0.3) is 5.91 Å². The van der Waals surface area contributed by atoms with E-state index in [9.17, 15) is 18.0 Å². The van der Waals surface area contributed by atoms with Crippen molar-refractivity contribution in [3.63, 3.8) is 0 Å². The molecule has 160 valence electrons. The fraction of sp³-hybridized carbons (Fsp3) is 0.333. The molecule has 1 aliphatic rings. The molecule has 2 aromatic rings. The third-order valence-electron chi connectivity index (χ3n) is 4.92. The fourth-order valence-electron chi connectivity index (χ4n) is 3.32. The number of nitrogens with zero attached hydrogens (tertiary/aromatic N) is 2. The Morgan fingerprint density at radius 2 is 1.90 bits per heavy atom. The van der Waals surface area contributed by atoms with Crippen molar-refractivity contribution >= 4 is 39.0 Å². The van der Waals surface area contributed by atoms with Gasteiger partial charge in [-0.3, -0.25) is 9.59 Å². The van der Waals surface area contributed by atoms with Crippen molar-refractivity contribution in [3.8, 4) is 5.75 Å². The van der Waals surface area contributed by atoms with E-state index < -0.39 is 10.0 Å². The lowest BCUT2D eigenvalue weighted by Crippen LogP contribution is -2.38. The normalized spacial score (nSPS) is 13.8. The summed E-state index contributed by atoms with van der Waals surface area (Å²) in [5.74, 6) is -0.188. The first-order chi connectivity index (χ1) is 14.1. The van der Waals surface area contributed by atoms with E-state index in [2.05, 4.69) is 0 Å². The van der Waals surface area contributed by atoms with Crippen LogP contribution in [0.3, 0.4) is 0 Å². The minimum atomic E-state index is -3.55. The summed E-state index contributed by atoms with van der Waals surface area (Å²) in [6.45, 7) is 1.66. The van der Waals surface area contributed by atoms with Gasteiger partial charge in [-0.1, -0.05) is 11.6 Å². The Morgan fingerprint density at radius 3 is 2.57 bits per heavy atom. The van der Waals surface area contributed by atoms with Gasteiger partial charge in [0.15, 0.2) is 12.4 Å². The summed E-state index contributed by atoms with van der Waals surface area (Å²) in [5.41, 5.74) is 1.79. The zero-order valence-electron chi connectivity index (χ0n) is 17.0. The number of carbonyl (C=O) groups is 2. The lowest BCUT2D eigenvalue weighted by atomic mass is 10.0. The number of hydrogen-bond donors (Lipinski definition) is 0. The minimum absolute atomic E-state index is 0.198. The third kappa shape index (κ3) is 4.50. The second-order valence-corrected chi connectivity index (χ2v) is 9.80. The van der Waals surface area contributed by atoms with Crippen molar-refractivity contribution in [2.75, 3.05) is 32.1 Å². The molecule has 0 spiro atoms. The van der Waals surface area contributed by atoms with Crippen molar-refractivity contribution in [2.24, 2.45) is 0 Å². The molecular weight excluding hydrogens is 428 g/mol. The molecular formula is C21H23ClN2O5S. The van der Waals surface area contributed by atoms with E-state index in [1.54, 1.807) is 29.2 Å². The maximum Gasteiger partial charge on any atom is 0.264 e. The van der Waals surface area contributed by atoms with Gasteiger partial charge in [0, 0.05) is 31.4 Å². The van der Waals surface area contributed by atoms with Crippen molar-refractivity contribution in [1.29, 1.82) is 0 Å². The Morgan fingerprint density at radius 1 is 1.17 bits per heavy atom. The van der Waals surface area contributed by atoms with Crippen molar-refractivity contribution in [2.45, 2.75) is 24.7 Å². The highest BCUT2D eigenvalue weighted by molar-refractivity contribution is 7.89. The number of fused-ring (bicyclic) bond motifs is 1. The van der Waals surface area contributed by atoms with Crippen LogP contribution in [0.2, 0.25) is 5.02 Å². The highest BCUT2D eigenvalue weighted by Gasteiger charge is 2.26. The van der Waals surface area contributed by atoms with E-state index in [4.69, 9.17) is 16.3 Å². The van der Waals surface area contributed by atoms with Crippen LogP contribution in [0.15, 0.2) is 41.3 Å². The van der Waals surface area contributed by atoms with Crippen molar-refractivity contribution < 1.29 is 22.7 Å². The van der Waals surface area contributed by atoms with Gasteiger partial charge in [-0.05, 0) is 61.7 Å². The monoisotopic (exact) mass is 450 g/mol. The van der Waals surface area contributed by atoms with Gasteiger partial charge in [-0.25, -0.2) is 12.7 Å². The second-order valence-electron chi connectivity index (χ2n) is 7.21. The SMILES string of the molecule is CC(=O)c1cc(Cl)ccc1OCC(=O)N1CCCc2cc(S(=O)(=O)N(C)C)ccc21. The van der Waals surface area contributed by atoms with Crippen LogP contribution in [0.1, 0.15) is 29.3 Å². The Balaban J connectivity index is 1.81. The maximum absolute atomic E-state index is 12.8. The number of amides is 1. The number of halogens is 1. The van der Waals surface area contributed by atoms with Gasteiger partial charge < -0.3 is 9.64 Å². The molecule has 1 heterocycles. The molecule has 0 fully saturated rings. The van der Waals surface area contributed by atoms with Gasteiger partial charge in [0.05, 0.1) is 10.5 Å². The largest absolute Gasteiger partial charge is 0.483 e. The number of hydrogen-bond acceptors (Lipinski definition) is 5. The average molecular weight is 451 g/mol. The molecule has 3 rings (SSSR count). The van der Waals surface area contributed by atoms with Crippen LogP contribution in [-0.2, 0) is 21.2 Å². The zero-order valence-corrected chi connectivity index (χ0v) is 18.6. The molecule has 7 nitrogen and oxygen atoms in total. The van der Waals surface area contributed by atoms with Gasteiger partial charge in [-0.2, -0.15) is 0 Å². The number of Topliss-reactive ketones (excluding diaryl/α,β-unsaturated/α-hetero) is 1. The molecule has 0 unspecified atom stereocenters. The predicted octanol–water partition coefficient (Wildman–Crippen LogP) is 3.15. The summed E-state index contributed by atoms with van der Waals surface area (Å²) in [5, 5.41) is 0.410. The van der Waals surface area contributed by atoms with E-state index in [0.717, 1.165) is 9.87 Å². The molecule has 0 N–H and O–H groups in total. The summed E-state index contributed by atoms with van der Waals surface area (Å²) >= 11 is 5.94. The minimum Gasteiger partial charge on any atom is -0.483 e. The van der Waals surface area contributed by atoms with Gasteiger partial charge in [0.2, 0.25) is 10.0 Å². The van der Waals surface area contributed by atoms with Crippen LogP contribution in [0, 0.1) is 0 Å². The molecule has 0 atom stereocenters. The fourth-order valence-corrected chi connectivity index (χ4v) is 4.45. The Bertz CT molecular complexity index is 1100. The summed E-state index contributed by atoms with van der Waals surface area (Å²) in [6.07, 6.45) is 1.40. The zero-order chi connectivity index (χ0) is 22.1. The number of ether oxygens (including phenoxy) is 1. The highest BCUT2D eigenvalue weighted by Crippen LogP contribution is 2.30. The first kappa shape index (κ1) is 22.3. The number of ketones is 1. The van der Waals surface area contributed by atoms with Crippen LogP contribution in [0.4, 0.5) is 5.69 Å². The quantitative estimate of drug-likeness (QED) is 0.631. The lowest BCUT2D eigenvalue weighted by Gasteiger charge is -2.30. The molecule has 9 heteroatoms. The van der Waals surface area contributed by atoms with Crippen LogP contribution in [0.25, 0.3) is 0 Å². The summed E-state index contributed by atoms with van der Waals surface area (Å²) in [7, 11) is -0.588. The molecule has 0 saturated heterocycles. The van der Waals surface area contributed by atoms with E-state index in [1.165, 1.54) is 33.2 Å². The van der Waals surface area contributed by atoms with E-state index in [0.29, 0.717) is 41.4 Å². The molecule has 2 aromatic carbocycles. The average Bonchev–Trinajstić information content (AvgIpc) is 2.71. The molecule has 0 saturated carbocycles. The third-order valence-corrected chi connectivity index (χ3v) is 6.97. The lowest BCUT2D eigenvalue weighted by molar-refractivity contribution is -0.120. The molecule has 0 aromatic heterocycles. The Kier molecular flexibility index (Phi) is 6.50. The second kappa shape index (κ2) is 8.75. The maximum atomic E-state index is 12.8. The summed E-state index contributed by atoms with van der Waals surface area (Å²) in [4.78, 5) is 26.4. The van der Waals surface area contributed by atoms with E-state index in [-0.39, 0.29) is 23.2 Å². The number of anilines is 1. The highest BCUT2D eigenvalue weighted by atomic mass is 35.5. The smallest absolute Gasteiger partial charge is 0.264 e. The number of benzene rings is 2. The van der Waals surface area contributed by atoms with Crippen molar-refractivity contribution in [3.05, 3.63) is 52.5 Å². The summed E-state index contributed by atoms with van der Waals surface area (Å²) in [6, 6.07) is 9.45. The first-order valence-corrected chi connectivity index (χ1v) is 11.2. The number of rotatable bonds is 6. The number of aryl methyl sites for hydroxylation is 1. The van der Waals surface area contributed by atoms with Crippen molar-refractivity contribution in [1.82, 2.24) is 4.31 Å². The first-order valence-electron chi connectivity index (χ1n) is 9.40. The Hall–Kier alpha value is -2.42. The molecule has 30 heavy (non-hydrogen) atoms. The van der Waals surface area contributed by atoms with Gasteiger partial charge >= 0.3 is 0 Å². The topological polar surface area (TPSA) is 84.0 Å².